The Morgan fingerprint density at radius 1 is 1.29 bits per heavy atom. The van der Waals surface area contributed by atoms with Gasteiger partial charge in [-0.05, 0) is 31.9 Å². The molecule has 0 saturated heterocycles. The Balaban J connectivity index is 2.78. The Morgan fingerprint density at radius 3 is 2.19 bits per heavy atom. The van der Waals surface area contributed by atoms with Gasteiger partial charge in [0.25, 0.3) is 0 Å². The van der Waals surface area contributed by atoms with Gasteiger partial charge in [0.15, 0.2) is 0 Å². The first-order valence-corrected chi connectivity index (χ1v) is 9.73. The lowest BCUT2D eigenvalue weighted by molar-refractivity contribution is -0.128. The molecule has 0 unspecified atom stereocenters. The molecule has 1 rings (SSSR count). The summed E-state index contributed by atoms with van der Waals surface area (Å²) in [5.41, 5.74) is 5.30. The number of thiocarbonyl (C=S) groups is 1. The lowest BCUT2D eigenvalue weighted by Crippen LogP contribution is -2.51. The van der Waals surface area contributed by atoms with Crippen LogP contribution in [0, 0.1) is 5.41 Å². The Morgan fingerprint density at radius 2 is 1.81 bits per heavy atom. The van der Waals surface area contributed by atoms with Crippen LogP contribution in [0.5, 0.6) is 0 Å². The van der Waals surface area contributed by atoms with Crippen LogP contribution in [0.1, 0.15) is 65.2 Å². The molecule has 0 atom stereocenters. The van der Waals surface area contributed by atoms with E-state index in [4.69, 9.17) is 18.0 Å². The zero-order valence-electron chi connectivity index (χ0n) is 13.7. The maximum Gasteiger partial charge on any atom is 0.233 e. The number of amides is 1. The predicted octanol–water partition coefficient (Wildman–Crippen LogP) is 3.65. The smallest absolute Gasteiger partial charge is 0.233 e. The standard InChI is InChI=1S/C16H30N2OS2/c1-4-8-16(9-5-2,13(17)20)14(19)18-12-15(21-3)10-6-7-11-15/h4-12H2,1-3H3,(H2,17,20)(H,18,19). The summed E-state index contributed by atoms with van der Waals surface area (Å²) in [6, 6.07) is 0. The highest BCUT2D eigenvalue weighted by Crippen LogP contribution is 2.40. The van der Waals surface area contributed by atoms with Gasteiger partial charge in [-0.3, -0.25) is 4.79 Å². The number of nitrogens with two attached hydrogens (primary N) is 1. The molecule has 21 heavy (non-hydrogen) atoms. The second-order valence-corrected chi connectivity index (χ2v) is 7.94. The number of thioether (sulfide) groups is 1. The highest BCUT2D eigenvalue weighted by atomic mass is 32.2. The molecule has 0 heterocycles. The van der Waals surface area contributed by atoms with Crippen molar-refractivity contribution in [1.29, 1.82) is 0 Å². The Kier molecular flexibility index (Phi) is 7.48. The maximum absolute atomic E-state index is 12.8. The SMILES string of the molecule is CCCC(CCC)(C(=O)NCC1(SC)CCCC1)C(N)=S. The number of hydrogen-bond donors (Lipinski definition) is 2. The van der Waals surface area contributed by atoms with E-state index in [9.17, 15) is 4.79 Å². The van der Waals surface area contributed by atoms with Gasteiger partial charge in [0.05, 0.1) is 10.4 Å². The summed E-state index contributed by atoms with van der Waals surface area (Å²) in [4.78, 5) is 13.2. The third-order valence-electron chi connectivity index (χ3n) is 4.78. The van der Waals surface area contributed by atoms with Crippen LogP contribution in [-0.2, 0) is 4.79 Å². The lowest BCUT2D eigenvalue weighted by Gasteiger charge is -2.34. The van der Waals surface area contributed by atoms with E-state index in [2.05, 4.69) is 25.4 Å². The van der Waals surface area contributed by atoms with Gasteiger partial charge in [0.2, 0.25) is 5.91 Å². The van der Waals surface area contributed by atoms with Crippen molar-refractivity contribution < 1.29 is 4.79 Å². The Hall–Kier alpha value is -0.290. The first kappa shape index (κ1) is 18.8. The molecule has 1 amide bonds. The van der Waals surface area contributed by atoms with Crippen LogP contribution in [0.15, 0.2) is 0 Å². The largest absolute Gasteiger partial charge is 0.392 e. The van der Waals surface area contributed by atoms with Gasteiger partial charge in [-0.2, -0.15) is 11.8 Å². The van der Waals surface area contributed by atoms with Gasteiger partial charge >= 0.3 is 0 Å². The summed E-state index contributed by atoms with van der Waals surface area (Å²) in [6.07, 6.45) is 10.4. The summed E-state index contributed by atoms with van der Waals surface area (Å²) in [7, 11) is 0. The van der Waals surface area contributed by atoms with E-state index >= 15 is 0 Å². The number of hydrogen-bond acceptors (Lipinski definition) is 3. The third-order valence-corrected chi connectivity index (χ3v) is 6.59. The summed E-state index contributed by atoms with van der Waals surface area (Å²) < 4.78 is 0.218. The van der Waals surface area contributed by atoms with Crippen molar-refractivity contribution in [3.05, 3.63) is 0 Å². The molecule has 1 saturated carbocycles. The van der Waals surface area contributed by atoms with Crippen molar-refractivity contribution >= 4 is 34.9 Å². The van der Waals surface area contributed by atoms with Crippen LogP contribution in [0.25, 0.3) is 0 Å². The average Bonchev–Trinajstić information content (AvgIpc) is 2.93. The second-order valence-electron chi connectivity index (χ2n) is 6.22. The highest BCUT2D eigenvalue weighted by Gasteiger charge is 2.41. The fourth-order valence-electron chi connectivity index (χ4n) is 3.45. The van der Waals surface area contributed by atoms with Crippen LogP contribution in [0.2, 0.25) is 0 Å². The summed E-state index contributed by atoms with van der Waals surface area (Å²) in [6.45, 7) is 4.90. The van der Waals surface area contributed by atoms with Crippen LogP contribution < -0.4 is 11.1 Å². The molecule has 0 aliphatic heterocycles. The summed E-state index contributed by atoms with van der Waals surface area (Å²) >= 11 is 7.14. The zero-order valence-corrected chi connectivity index (χ0v) is 15.3. The molecule has 3 nitrogen and oxygen atoms in total. The molecular weight excluding hydrogens is 300 g/mol. The van der Waals surface area contributed by atoms with Crippen LogP contribution in [-0.4, -0.2) is 28.4 Å². The minimum Gasteiger partial charge on any atom is -0.392 e. The van der Waals surface area contributed by atoms with Gasteiger partial charge in [0.1, 0.15) is 0 Å². The van der Waals surface area contributed by atoms with E-state index in [0.717, 1.165) is 32.2 Å². The van der Waals surface area contributed by atoms with Gasteiger partial charge in [-0.1, -0.05) is 51.7 Å². The van der Waals surface area contributed by atoms with Gasteiger partial charge in [-0.15, -0.1) is 0 Å². The number of carbonyl (C=O) groups excluding carboxylic acids is 1. The average molecular weight is 331 g/mol. The maximum atomic E-state index is 12.8. The molecule has 0 spiro atoms. The highest BCUT2D eigenvalue weighted by molar-refractivity contribution is 8.00. The molecule has 1 aliphatic rings. The molecular formula is C16H30N2OS2. The van der Waals surface area contributed by atoms with Crippen molar-refractivity contribution in [1.82, 2.24) is 5.32 Å². The molecule has 5 heteroatoms. The van der Waals surface area contributed by atoms with E-state index < -0.39 is 5.41 Å². The molecule has 1 fully saturated rings. The van der Waals surface area contributed by atoms with Crippen molar-refractivity contribution in [2.75, 3.05) is 12.8 Å². The third kappa shape index (κ3) is 4.35. The summed E-state index contributed by atoms with van der Waals surface area (Å²) in [5.74, 6) is 0.0408. The van der Waals surface area contributed by atoms with Crippen molar-refractivity contribution in [3.8, 4) is 0 Å². The first-order chi connectivity index (χ1) is 9.96. The minimum absolute atomic E-state index is 0.0408. The van der Waals surface area contributed by atoms with E-state index in [1.165, 1.54) is 25.7 Å². The van der Waals surface area contributed by atoms with E-state index in [-0.39, 0.29) is 10.7 Å². The van der Waals surface area contributed by atoms with E-state index in [0.29, 0.717) is 4.99 Å². The van der Waals surface area contributed by atoms with Gasteiger partial charge < -0.3 is 11.1 Å². The number of nitrogens with one attached hydrogen (secondary N) is 1. The lowest BCUT2D eigenvalue weighted by atomic mass is 9.78. The van der Waals surface area contributed by atoms with Crippen LogP contribution in [0.3, 0.4) is 0 Å². The van der Waals surface area contributed by atoms with Crippen molar-refractivity contribution in [2.24, 2.45) is 11.1 Å². The Labute approximate surface area is 139 Å². The van der Waals surface area contributed by atoms with E-state index in [1.54, 1.807) is 0 Å². The first-order valence-electron chi connectivity index (χ1n) is 8.09. The number of carbonyl (C=O) groups is 1. The molecule has 122 valence electrons. The van der Waals surface area contributed by atoms with Crippen molar-refractivity contribution in [2.45, 2.75) is 70.0 Å². The minimum atomic E-state index is -0.656. The van der Waals surface area contributed by atoms with E-state index in [1.807, 2.05) is 11.8 Å². The fraction of sp³-hybridized carbons (Fsp3) is 0.875. The Bertz CT molecular complexity index is 359. The molecule has 3 N–H and O–H groups in total. The number of rotatable bonds is 9. The summed E-state index contributed by atoms with van der Waals surface area (Å²) in [5, 5.41) is 3.18. The molecule has 0 aromatic carbocycles. The molecule has 0 radical (unpaired) electrons. The van der Waals surface area contributed by atoms with Crippen LogP contribution in [0.4, 0.5) is 0 Å². The molecule has 0 bridgehead atoms. The topological polar surface area (TPSA) is 55.1 Å². The second kappa shape index (κ2) is 8.37. The van der Waals surface area contributed by atoms with Crippen molar-refractivity contribution in [3.63, 3.8) is 0 Å². The molecule has 0 aromatic rings. The molecule has 1 aliphatic carbocycles. The van der Waals surface area contributed by atoms with Crippen LogP contribution >= 0.6 is 24.0 Å². The molecule has 0 aromatic heterocycles. The van der Waals surface area contributed by atoms with Gasteiger partial charge in [-0.25, -0.2) is 0 Å². The predicted molar refractivity (Wildman–Crippen MR) is 96.8 cm³/mol. The quantitative estimate of drug-likeness (QED) is 0.634. The fourth-order valence-corrected chi connectivity index (χ4v) is 4.66. The van der Waals surface area contributed by atoms with Gasteiger partial charge in [0, 0.05) is 11.3 Å². The normalized spacial score (nSPS) is 17.7. The zero-order chi connectivity index (χ0) is 15.9. The monoisotopic (exact) mass is 330 g/mol.